The van der Waals surface area contributed by atoms with E-state index in [1.54, 1.807) is 66.9 Å². The zero-order valence-electron chi connectivity index (χ0n) is 53.5. The highest BCUT2D eigenvalue weighted by Gasteiger charge is 2.29. The van der Waals surface area contributed by atoms with E-state index >= 15 is 0 Å². The number of aromatic nitrogens is 3. The fraction of sp³-hybridized carbons (Fsp3) is 0.200. The molecule has 0 aliphatic heterocycles. The van der Waals surface area contributed by atoms with E-state index in [9.17, 15) is 5.11 Å². The topological polar surface area (TPSA) is 50.9 Å². The number of benzene rings is 7. The van der Waals surface area contributed by atoms with Crippen molar-refractivity contribution in [2.24, 2.45) is 0 Å². The number of aromatic hydroxyl groups is 1. The van der Waals surface area contributed by atoms with Gasteiger partial charge in [0.05, 0.1) is 28.0 Å². The molecule has 4 heteroatoms. The van der Waals surface area contributed by atoms with Crippen LogP contribution in [0.15, 0.2) is 176 Å². The summed E-state index contributed by atoms with van der Waals surface area (Å²) in [6, 6.07) is 50.2. The zero-order valence-corrected chi connectivity index (χ0v) is 35.5. The van der Waals surface area contributed by atoms with Crippen molar-refractivity contribution >= 4 is 11.0 Å². The van der Waals surface area contributed by atoms with Crippen molar-refractivity contribution in [2.75, 3.05) is 0 Å². The van der Waals surface area contributed by atoms with Gasteiger partial charge in [-0.15, -0.1) is 0 Å². The molecular formula is C60H57N3O. The highest BCUT2D eigenvalue weighted by atomic mass is 16.3. The van der Waals surface area contributed by atoms with Gasteiger partial charge >= 0.3 is 0 Å². The zero-order chi connectivity index (χ0) is 60.0. The van der Waals surface area contributed by atoms with Gasteiger partial charge in [0.25, 0.3) is 0 Å². The molecule has 0 unspecified atom stereocenters. The quantitative estimate of drug-likeness (QED) is 0.174. The lowest BCUT2D eigenvalue weighted by molar-refractivity contribution is 0.446. The number of fused-ring (bicyclic) bond motifs is 1. The standard InChI is InChI=1S/C60H57N3O/c1-58(2,3)46-34-44(33-45(35-46)52-36-43(31-32-61-52)41-29-27-40(28-30-41)39-19-12-10-13-20-39)49-24-18-26-54-55(49)62-57(50-37-47(59(4,5)6)38-51(56(50)64)60(7,8)9)63(54)53-25-17-16-23-48(53)42-21-14-11-15-22-42/h10-38,64H,1-9H3/i4D3,5D3,6D3,7D3,8D3,9D3. The number of nitrogens with zero attached hydrogens (tertiary/aromatic N) is 3. The molecule has 0 spiro atoms. The van der Waals surface area contributed by atoms with Crippen molar-refractivity contribution in [3.8, 4) is 78.6 Å². The van der Waals surface area contributed by atoms with E-state index in [4.69, 9.17) is 34.6 Å². The Bertz CT molecular complexity index is 3760. The summed E-state index contributed by atoms with van der Waals surface area (Å²) in [5.41, 5.74) is -2.79. The third-order valence-corrected chi connectivity index (χ3v) is 11.6. The molecule has 0 aliphatic rings. The molecule has 7 aromatic carbocycles. The molecule has 0 aliphatic carbocycles. The average molecular weight is 854 g/mol. The van der Waals surface area contributed by atoms with Crippen LogP contribution in [0.4, 0.5) is 0 Å². The molecule has 9 rings (SSSR count). The van der Waals surface area contributed by atoms with E-state index in [1.807, 2.05) is 106 Å². The summed E-state index contributed by atoms with van der Waals surface area (Å²) in [7, 11) is 0. The molecule has 2 aromatic heterocycles. The molecule has 0 atom stereocenters. The Morgan fingerprint density at radius 1 is 0.469 bits per heavy atom. The molecule has 0 fully saturated rings. The minimum atomic E-state index is -4.13. The molecule has 9 aromatic rings. The van der Waals surface area contributed by atoms with Crippen LogP contribution in [0.25, 0.3) is 83.9 Å². The largest absolute Gasteiger partial charge is 0.507 e. The Labute approximate surface area is 404 Å². The smallest absolute Gasteiger partial charge is 0.149 e. The van der Waals surface area contributed by atoms with Gasteiger partial charge in [-0.05, 0) is 103 Å². The summed E-state index contributed by atoms with van der Waals surface area (Å²) < 4.78 is 159. The molecule has 0 saturated carbocycles. The van der Waals surface area contributed by atoms with Gasteiger partial charge in [-0.1, -0.05) is 189 Å². The van der Waals surface area contributed by atoms with Crippen LogP contribution in [-0.2, 0) is 16.2 Å². The lowest BCUT2D eigenvalue weighted by atomic mass is 9.79. The number of hydrogen-bond donors (Lipinski definition) is 1. The Morgan fingerprint density at radius 2 is 1.06 bits per heavy atom. The Hall–Kier alpha value is -7.04. The van der Waals surface area contributed by atoms with Gasteiger partial charge in [0.1, 0.15) is 11.6 Å². The van der Waals surface area contributed by atoms with E-state index in [-0.39, 0.29) is 11.0 Å². The molecule has 0 amide bonds. The van der Waals surface area contributed by atoms with Gasteiger partial charge < -0.3 is 5.11 Å². The van der Waals surface area contributed by atoms with Crippen LogP contribution in [0, 0.1) is 0 Å². The molecule has 0 bridgehead atoms. The first kappa shape index (κ1) is 25.9. The summed E-state index contributed by atoms with van der Waals surface area (Å²) >= 11 is 0. The molecule has 4 nitrogen and oxygen atoms in total. The van der Waals surface area contributed by atoms with Crippen LogP contribution in [0.1, 0.15) is 103 Å². The number of pyridine rings is 1. The number of rotatable bonds is 7. The number of hydrogen-bond acceptors (Lipinski definition) is 3. The van der Waals surface area contributed by atoms with Gasteiger partial charge in [0, 0.05) is 53.1 Å². The fourth-order valence-corrected chi connectivity index (χ4v) is 8.21. The van der Waals surface area contributed by atoms with Crippen LogP contribution >= 0.6 is 0 Å². The maximum absolute atomic E-state index is 13.0. The molecule has 0 saturated heterocycles. The van der Waals surface area contributed by atoms with Crippen LogP contribution < -0.4 is 0 Å². The van der Waals surface area contributed by atoms with E-state index in [2.05, 4.69) is 12.1 Å². The number of phenols is 1. The second-order valence-corrected chi connectivity index (χ2v) is 17.2. The minimum Gasteiger partial charge on any atom is -0.507 e. The van der Waals surface area contributed by atoms with E-state index in [1.165, 1.54) is 4.57 Å². The molecule has 64 heavy (non-hydrogen) atoms. The number of phenolic OH excluding ortho intramolecular Hbond substituents is 1. The van der Waals surface area contributed by atoms with Crippen LogP contribution in [0.2, 0.25) is 0 Å². The summed E-state index contributed by atoms with van der Waals surface area (Å²) in [5, 5.41) is 13.0. The monoisotopic (exact) mass is 854 g/mol. The van der Waals surface area contributed by atoms with Crippen molar-refractivity contribution < 1.29 is 29.8 Å². The van der Waals surface area contributed by atoms with Crippen LogP contribution in [-0.4, -0.2) is 19.6 Å². The van der Waals surface area contributed by atoms with E-state index < -0.39 is 85.6 Å². The highest BCUT2D eigenvalue weighted by Crippen LogP contribution is 2.46. The summed E-state index contributed by atoms with van der Waals surface area (Å²) in [6.07, 6.45) is 1.73. The van der Waals surface area contributed by atoms with Gasteiger partial charge in [0.15, 0.2) is 0 Å². The van der Waals surface area contributed by atoms with Crippen molar-refractivity contribution in [3.05, 3.63) is 193 Å². The first-order valence-corrected chi connectivity index (χ1v) is 20.9. The predicted octanol–water partition coefficient (Wildman–Crippen LogP) is 16.0. The lowest BCUT2D eigenvalue weighted by Crippen LogP contribution is -2.17. The van der Waals surface area contributed by atoms with E-state index in [0.29, 0.717) is 39.7 Å². The second kappa shape index (κ2) is 16.3. The second-order valence-electron chi connectivity index (χ2n) is 17.2. The summed E-state index contributed by atoms with van der Waals surface area (Å²) in [6.45, 7) is -18.3. The van der Waals surface area contributed by atoms with Gasteiger partial charge in [-0.25, -0.2) is 4.98 Å². The van der Waals surface area contributed by atoms with Crippen LogP contribution in [0.5, 0.6) is 5.75 Å². The molecule has 2 heterocycles. The number of para-hydroxylation sites is 2. The fourth-order valence-electron chi connectivity index (χ4n) is 8.21. The Balaban J connectivity index is 1.41. The first-order valence-electron chi connectivity index (χ1n) is 29.9. The van der Waals surface area contributed by atoms with Crippen molar-refractivity contribution in [1.82, 2.24) is 14.5 Å². The SMILES string of the molecule is [2H]C([2H])([2H])C(c1cc(-c2nc3c(-c4cc(-c5cc(-c6ccc(-c7ccccc7)cc6)ccn5)cc(C(C)(C)C)c4)cccc3n2-c2ccccc2-c2ccccc2)c(O)c(C(C([2H])([2H])[2H])(C([2H])([2H])[2H])C([2H])([2H])[2H])c1)(C([2H])([2H])[2H])C([2H])([2H])[2H]. The third-order valence-electron chi connectivity index (χ3n) is 11.6. The average Bonchev–Trinajstić information content (AvgIpc) is 0.858. The summed E-state index contributed by atoms with van der Waals surface area (Å²) in [4.78, 5) is 10.0. The van der Waals surface area contributed by atoms with Gasteiger partial charge in [-0.3, -0.25) is 9.55 Å². The predicted molar refractivity (Wildman–Crippen MR) is 269 cm³/mol. The minimum absolute atomic E-state index is 0.186. The number of imidazole rings is 1. The molecular weight excluding hydrogens is 779 g/mol. The van der Waals surface area contributed by atoms with Crippen molar-refractivity contribution in [2.45, 2.75) is 78.1 Å². The van der Waals surface area contributed by atoms with E-state index in [0.717, 1.165) is 39.4 Å². The lowest BCUT2D eigenvalue weighted by Gasteiger charge is -2.27. The van der Waals surface area contributed by atoms with Crippen molar-refractivity contribution in [1.29, 1.82) is 0 Å². The van der Waals surface area contributed by atoms with Gasteiger partial charge in [0.2, 0.25) is 0 Å². The maximum atomic E-state index is 13.0. The third kappa shape index (κ3) is 8.17. The molecule has 1 N–H and O–H groups in total. The molecule has 318 valence electrons. The molecule has 0 radical (unpaired) electrons. The maximum Gasteiger partial charge on any atom is 0.149 e. The Morgan fingerprint density at radius 3 is 1.75 bits per heavy atom. The van der Waals surface area contributed by atoms with Gasteiger partial charge in [-0.2, -0.15) is 0 Å². The summed E-state index contributed by atoms with van der Waals surface area (Å²) in [5.74, 6) is -1.76. The van der Waals surface area contributed by atoms with Crippen molar-refractivity contribution in [3.63, 3.8) is 0 Å². The van der Waals surface area contributed by atoms with Crippen LogP contribution in [0.3, 0.4) is 0 Å². The highest BCUT2D eigenvalue weighted by molar-refractivity contribution is 5.98. The Kier molecular flexibility index (Phi) is 6.58. The normalized spacial score (nSPS) is 17.5. The first-order chi connectivity index (χ1) is 38.0.